The highest BCUT2D eigenvalue weighted by atomic mass is 19.1. The van der Waals surface area contributed by atoms with Crippen molar-refractivity contribution in [2.24, 2.45) is 7.05 Å². The molecule has 1 aromatic carbocycles. The summed E-state index contributed by atoms with van der Waals surface area (Å²) in [6, 6.07) is 7.87. The highest BCUT2D eigenvalue weighted by molar-refractivity contribution is 5.81. The molecule has 1 fully saturated rings. The van der Waals surface area contributed by atoms with E-state index >= 15 is 0 Å². The minimum atomic E-state index is -0.131. The van der Waals surface area contributed by atoms with Crippen molar-refractivity contribution in [3.05, 3.63) is 35.8 Å². The van der Waals surface area contributed by atoms with Gasteiger partial charge in [-0.25, -0.2) is 4.39 Å². The minimum absolute atomic E-state index is 0.131. The number of hydrogen-bond donors (Lipinski definition) is 1. The lowest BCUT2D eigenvalue weighted by atomic mass is 9.93. The molecule has 2 aromatic rings. The van der Waals surface area contributed by atoms with Crippen LogP contribution in [0.1, 0.15) is 25.0 Å². The highest BCUT2D eigenvalue weighted by Gasteiger charge is 2.17. The van der Waals surface area contributed by atoms with E-state index in [2.05, 4.69) is 9.88 Å². The third kappa shape index (κ3) is 1.84. The molecule has 0 bridgehead atoms. The maximum Gasteiger partial charge on any atom is 0.132 e. The maximum absolute atomic E-state index is 13.6. The van der Waals surface area contributed by atoms with Gasteiger partial charge in [0.2, 0.25) is 0 Å². The summed E-state index contributed by atoms with van der Waals surface area (Å²) in [5.74, 6) is -0.131. The van der Waals surface area contributed by atoms with E-state index in [-0.39, 0.29) is 5.82 Å². The first-order valence-corrected chi connectivity index (χ1v) is 6.22. The number of halogens is 1. The van der Waals surface area contributed by atoms with Gasteiger partial charge < -0.3 is 9.88 Å². The van der Waals surface area contributed by atoms with Crippen molar-refractivity contribution in [2.75, 3.05) is 0 Å². The van der Waals surface area contributed by atoms with Crippen LogP contribution in [0.25, 0.3) is 10.9 Å². The molecule has 0 unspecified atom stereocenters. The fourth-order valence-electron chi connectivity index (χ4n) is 2.41. The largest absolute Gasteiger partial charge is 0.346 e. The zero-order valence-corrected chi connectivity index (χ0v) is 10.0. The van der Waals surface area contributed by atoms with Gasteiger partial charge in [0, 0.05) is 30.7 Å². The van der Waals surface area contributed by atoms with Crippen molar-refractivity contribution in [3.8, 4) is 0 Å². The van der Waals surface area contributed by atoms with Gasteiger partial charge in [-0.05, 0) is 31.0 Å². The van der Waals surface area contributed by atoms with Crippen molar-refractivity contribution in [3.63, 3.8) is 0 Å². The fraction of sp³-hybridized carbons (Fsp3) is 0.429. The second-order valence-corrected chi connectivity index (χ2v) is 4.88. The molecule has 0 atom stereocenters. The summed E-state index contributed by atoms with van der Waals surface area (Å²) < 4.78 is 15.7. The zero-order chi connectivity index (χ0) is 11.8. The predicted octanol–water partition coefficient (Wildman–Crippen LogP) is 2.96. The van der Waals surface area contributed by atoms with Gasteiger partial charge in [0.15, 0.2) is 0 Å². The Morgan fingerprint density at radius 1 is 1.41 bits per heavy atom. The molecular weight excluding hydrogens is 215 g/mol. The lowest BCUT2D eigenvalue weighted by molar-refractivity contribution is 0.336. The first-order valence-electron chi connectivity index (χ1n) is 6.22. The van der Waals surface area contributed by atoms with E-state index in [4.69, 9.17) is 0 Å². The van der Waals surface area contributed by atoms with Gasteiger partial charge in [-0.3, -0.25) is 0 Å². The Morgan fingerprint density at radius 3 is 2.88 bits per heavy atom. The predicted molar refractivity (Wildman–Crippen MR) is 67.4 cm³/mol. The lowest BCUT2D eigenvalue weighted by Crippen LogP contribution is -2.34. The van der Waals surface area contributed by atoms with Crippen LogP contribution in [0.5, 0.6) is 0 Å². The van der Waals surface area contributed by atoms with Crippen molar-refractivity contribution < 1.29 is 4.39 Å². The first kappa shape index (κ1) is 10.8. The Labute approximate surface area is 100 Å². The molecule has 17 heavy (non-hydrogen) atoms. The van der Waals surface area contributed by atoms with Gasteiger partial charge in [0.05, 0.1) is 5.52 Å². The van der Waals surface area contributed by atoms with Crippen molar-refractivity contribution >= 4 is 10.9 Å². The van der Waals surface area contributed by atoms with E-state index in [0.717, 1.165) is 23.1 Å². The zero-order valence-electron chi connectivity index (χ0n) is 10.0. The van der Waals surface area contributed by atoms with Gasteiger partial charge in [0.1, 0.15) is 5.82 Å². The van der Waals surface area contributed by atoms with E-state index < -0.39 is 0 Å². The second kappa shape index (κ2) is 4.15. The van der Waals surface area contributed by atoms with Gasteiger partial charge >= 0.3 is 0 Å². The average molecular weight is 232 g/mol. The number of nitrogens with one attached hydrogen (secondary N) is 1. The molecule has 3 heteroatoms. The van der Waals surface area contributed by atoms with E-state index in [9.17, 15) is 4.39 Å². The summed E-state index contributed by atoms with van der Waals surface area (Å²) in [6.07, 6.45) is 3.89. The van der Waals surface area contributed by atoms with Crippen molar-refractivity contribution in [1.29, 1.82) is 0 Å². The van der Waals surface area contributed by atoms with Crippen LogP contribution in [0.4, 0.5) is 4.39 Å². The van der Waals surface area contributed by atoms with E-state index in [1.807, 2.05) is 19.2 Å². The van der Waals surface area contributed by atoms with Crippen LogP contribution in [-0.2, 0) is 13.6 Å². The number of nitrogens with zero attached hydrogens (tertiary/aromatic N) is 1. The summed E-state index contributed by atoms with van der Waals surface area (Å²) in [6.45, 7) is 0.829. The average Bonchev–Trinajstić information content (AvgIpc) is 2.57. The number of aryl methyl sites for hydroxylation is 1. The van der Waals surface area contributed by atoms with Crippen LogP contribution in [0, 0.1) is 5.82 Å². The van der Waals surface area contributed by atoms with Gasteiger partial charge in [-0.1, -0.05) is 12.5 Å². The quantitative estimate of drug-likeness (QED) is 0.861. The fourth-order valence-corrected chi connectivity index (χ4v) is 2.41. The molecule has 0 amide bonds. The van der Waals surface area contributed by atoms with Crippen LogP contribution >= 0.6 is 0 Å². The molecule has 0 aliphatic heterocycles. The number of fused-ring (bicyclic) bond motifs is 1. The molecule has 0 saturated heterocycles. The minimum Gasteiger partial charge on any atom is -0.346 e. The van der Waals surface area contributed by atoms with E-state index in [1.165, 1.54) is 25.3 Å². The van der Waals surface area contributed by atoms with Gasteiger partial charge in [-0.2, -0.15) is 0 Å². The highest BCUT2D eigenvalue weighted by Crippen LogP contribution is 2.23. The second-order valence-electron chi connectivity index (χ2n) is 4.88. The van der Waals surface area contributed by atoms with Crippen LogP contribution in [0.15, 0.2) is 24.3 Å². The third-order valence-corrected chi connectivity index (χ3v) is 3.81. The lowest BCUT2D eigenvalue weighted by Gasteiger charge is -2.26. The van der Waals surface area contributed by atoms with Gasteiger partial charge in [0.25, 0.3) is 0 Å². The summed E-state index contributed by atoms with van der Waals surface area (Å²) in [5, 5.41) is 4.24. The molecule has 90 valence electrons. The molecule has 1 N–H and O–H groups in total. The Morgan fingerprint density at radius 2 is 2.24 bits per heavy atom. The summed E-state index contributed by atoms with van der Waals surface area (Å²) in [5.41, 5.74) is 2.12. The van der Waals surface area contributed by atoms with Gasteiger partial charge in [-0.15, -0.1) is 0 Å². The molecule has 1 aromatic heterocycles. The molecular formula is C14H17FN2. The standard InChI is InChI=1S/C14H17FN2/c1-17-11(9-16-10-4-2-5-10)8-12-13(15)6-3-7-14(12)17/h3,6-8,10,16H,2,4-5,9H2,1H3. The number of hydrogen-bond acceptors (Lipinski definition) is 1. The molecule has 1 heterocycles. The molecule has 2 nitrogen and oxygen atoms in total. The third-order valence-electron chi connectivity index (χ3n) is 3.81. The Bertz CT molecular complexity index is 540. The summed E-state index contributed by atoms with van der Waals surface area (Å²) >= 11 is 0. The Hall–Kier alpha value is -1.35. The maximum atomic E-state index is 13.6. The molecule has 0 radical (unpaired) electrons. The number of benzene rings is 1. The topological polar surface area (TPSA) is 17.0 Å². The van der Waals surface area contributed by atoms with Crippen LogP contribution in [0.3, 0.4) is 0 Å². The Balaban J connectivity index is 1.88. The monoisotopic (exact) mass is 232 g/mol. The van der Waals surface area contributed by atoms with Crippen LogP contribution < -0.4 is 5.32 Å². The SMILES string of the molecule is Cn1c(CNC2CCC2)cc2c(F)cccc21. The molecule has 0 spiro atoms. The molecule has 1 aliphatic carbocycles. The normalized spacial score (nSPS) is 16.4. The summed E-state index contributed by atoms with van der Waals surface area (Å²) in [7, 11) is 2.00. The smallest absolute Gasteiger partial charge is 0.132 e. The Kier molecular flexibility index (Phi) is 2.63. The molecule has 3 rings (SSSR count). The number of rotatable bonds is 3. The van der Waals surface area contributed by atoms with E-state index in [1.54, 1.807) is 6.07 Å². The van der Waals surface area contributed by atoms with Crippen LogP contribution in [-0.4, -0.2) is 10.6 Å². The number of aromatic nitrogens is 1. The van der Waals surface area contributed by atoms with Crippen molar-refractivity contribution in [2.45, 2.75) is 31.8 Å². The summed E-state index contributed by atoms with van der Waals surface area (Å²) in [4.78, 5) is 0. The van der Waals surface area contributed by atoms with Crippen LogP contribution in [0.2, 0.25) is 0 Å². The molecule has 1 aliphatic rings. The molecule has 1 saturated carbocycles. The van der Waals surface area contributed by atoms with Crippen molar-refractivity contribution in [1.82, 2.24) is 9.88 Å². The van der Waals surface area contributed by atoms with E-state index in [0.29, 0.717) is 6.04 Å². The first-order chi connectivity index (χ1) is 8.25.